The fourth-order valence-electron chi connectivity index (χ4n) is 11.6. The summed E-state index contributed by atoms with van der Waals surface area (Å²) in [7, 11) is 0. The molecule has 30 heteroatoms. The van der Waals surface area contributed by atoms with Crippen molar-refractivity contribution in [3.8, 4) is 5.75 Å². The number of para-hydroxylation sites is 1. The highest BCUT2D eigenvalue weighted by Crippen LogP contribution is 2.31. The van der Waals surface area contributed by atoms with E-state index in [4.69, 9.17) is 24.9 Å². The summed E-state index contributed by atoms with van der Waals surface area (Å²) in [6.07, 6.45) is 7.11. The van der Waals surface area contributed by atoms with Crippen LogP contribution in [0.2, 0.25) is 0 Å². The van der Waals surface area contributed by atoms with Crippen molar-refractivity contribution in [2.75, 3.05) is 36.0 Å². The zero-order chi connectivity index (χ0) is 78.2. The Morgan fingerprint density at radius 2 is 1.07 bits per heavy atom. The van der Waals surface area contributed by atoms with E-state index >= 15 is 0 Å². The molecule has 30 nitrogen and oxygen atoms in total. The molecule has 0 bridgehead atoms. The zero-order valence-electron chi connectivity index (χ0n) is 61.6. The summed E-state index contributed by atoms with van der Waals surface area (Å²) < 4.78 is 17.6. The SMILES string of the molecule is CC(C)[C@H](NC(=O)CCCCCN1C(=O)C=CC1=O)C(=O)C[C@@H](C)C(=O)Nc1ccc(COC(=O)Oc2ccc([N+](=O)[O-])cc2)cc1.CCN(Cc1nc2c(N)nc3ccccc3c2n1CC(C)(C)O)C(=O)OCc1ccc(NC(=O)[C@H](C)CC(=O)[C@@H](NC(=O)CCCCCN2C(=O)C=CC2=O)C(C)C)cc1. The minimum Gasteiger partial charge on any atom is -0.445 e. The number of rotatable bonds is 37. The predicted molar refractivity (Wildman–Crippen MR) is 396 cm³/mol. The van der Waals surface area contributed by atoms with Gasteiger partial charge in [0.25, 0.3) is 29.3 Å². The number of nitrogens with one attached hydrogen (secondary N) is 4. The maximum absolute atomic E-state index is 13.3. The molecule has 0 fully saturated rings. The Balaban J connectivity index is 0.000000308. The molecule has 570 valence electrons. The van der Waals surface area contributed by atoms with Gasteiger partial charge in [-0.1, -0.05) is 96.8 Å². The van der Waals surface area contributed by atoms with Crippen LogP contribution < -0.4 is 31.7 Å². The molecule has 0 saturated carbocycles. The first-order valence-corrected chi connectivity index (χ1v) is 35.6. The zero-order valence-corrected chi connectivity index (χ0v) is 61.6. The maximum Gasteiger partial charge on any atom is 0.514 e. The third kappa shape index (κ3) is 24.8. The largest absolute Gasteiger partial charge is 0.514 e. The Bertz CT molecular complexity index is 4260. The van der Waals surface area contributed by atoms with Gasteiger partial charge in [0.1, 0.15) is 30.3 Å². The minimum absolute atomic E-state index is 0.0310. The number of nitrogen functional groups attached to an aromatic ring is 1. The number of aliphatic hydroxyl groups is 1. The van der Waals surface area contributed by atoms with Gasteiger partial charge in [0.05, 0.1) is 46.7 Å². The van der Waals surface area contributed by atoms with Crippen molar-refractivity contribution >= 4 is 116 Å². The topological polar surface area (TPSA) is 410 Å². The number of hydrogen-bond acceptors (Lipinski definition) is 21. The molecule has 0 spiro atoms. The monoisotopic (exact) mass is 1470 g/mol. The van der Waals surface area contributed by atoms with Gasteiger partial charge in [0.15, 0.2) is 17.4 Å². The van der Waals surface area contributed by atoms with E-state index < -0.39 is 46.7 Å². The van der Waals surface area contributed by atoms with Crippen molar-refractivity contribution in [1.82, 2.24) is 39.9 Å². The van der Waals surface area contributed by atoms with Crippen LogP contribution in [-0.2, 0) is 83.7 Å². The Labute approximate surface area is 619 Å². The van der Waals surface area contributed by atoms with Crippen molar-refractivity contribution in [2.24, 2.45) is 23.7 Å². The third-order valence-corrected chi connectivity index (χ3v) is 17.6. The third-order valence-electron chi connectivity index (χ3n) is 17.6. The van der Waals surface area contributed by atoms with Gasteiger partial charge < -0.3 is 55.8 Å². The van der Waals surface area contributed by atoms with E-state index in [0.29, 0.717) is 97.5 Å². The molecular formula is C77H94N12O18. The Hall–Kier alpha value is -11.6. The molecule has 0 saturated heterocycles. The van der Waals surface area contributed by atoms with Crippen LogP contribution in [0.5, 0.6) is 5.75 Å². The average Bonchev–Trinajstić information content (AvgIpc) is 1.61. The number of carbonyl (C=O) groups is 12. The fraction of sp³-hybridized carbons (Fsp3) is 0.429. The van der Waals surface area contributed by atoms with Gasteiger partial charge in [-0.2, -0.15) is 0 Å². The number of imidazole rings is 1. The number of hydrogen-bond donors (Lipinski definition) is 6. The lowest BCUT2D eigenvalue weighted by atomic mass is 9.92. The van der Waals surface area contributed by atoms with E-state index in [0.717, 1.165) is 15.8 Å². The molecule has 8 rings (SSSR count). The van der Waals surface area contributed by atoms with Gasteiger partial charge in [-0.3, -0.25) is 67.9 Å². The number of nitro benzene ring substituents is 1. The maximum atomic E-state index is 13.3. The molecule has 0 radical (unpaired) electrons. The van der Waals surface area contributed by atoms with Crippen LogP contribution in [0.3, 0.4) is 0 Å². The highest BCUT2D eigenvalue weighted by Gasteiger charge is 2.32. The molecule has 2 aromatic heterocycles. The molecule has 0 aliphatic carbocycles. The number of carbonyl (C=O) groups excluding carboxylic acids is 12. The lowest BCUT2D eigenvalue weighted by Gasteiger charge is -2.24. The Kier molecular flexibility index (Phi) is 30.1. The lowest BCUT2D eigenvalue weighted by Crippen LogP contribution is -2.45. The molecular weight excluding hydrogens is 1380 g/mol. The number of ketones is 2. The first kappa shape index (κ1) is 82.7. The molecule has 2 aliphatic rings. The summed E-state index contributed by atoms with van der Waals surface area (Å²) in [5.41, 5.74) is 9.26. The number of unbranched alkanes of at least 4 members (excludes halogenated alkanes) is 4. The molecule has 107 heavy (non-hydrogen) atoms. The number of benzene rings is 4. The smallest absolute Gasteiger partial charge is 0.445 e. The number of nitrogens with zero attached hydrogens (tertiary/aromatic N) is 7. The van der Waals surface area contributed by atoms with E-state index in [1.165, 1.54) is 58.4 Å². The highest BCUT2D eigenvalue weighted by atomic mass is 16.7. The first-order chi connectivity index (χ1) is 50.8. The number of nitro groups is 1. The normalized spacial score (nSPS) is 13.8. The molecule has 2 aliphatic heterocycles. The number of ether oxygens (including phenoxy) is 3. The second-order valence-electron chi connectivity index (χ2n) is 27.6. The highest BCUT2D eigenvalue weighted by molar-refractivity contribution is 6.13. The van der Waals surface area contributed by atoms with Crippen LogP contribution in [0.1, 0.15) is 143 Å². The number of amides is 9. The number of fused-ring (bicyclic) bond motifs is 3. The lowest BCUT2D eigenvalue weighted by molar-refractivity contribution is -0.384. The van der Waals surface area contributed by atoms with Gasteiger partial charge in [-0.05, 0) is 112 Å². The van der Waals surface area contributed by atoms with Crippen LogP contribution >= 0.6 is 0 Å². The van der Waals surface area contributed by atoms with E-state index in [1.54, 1.807) is 76.2 Å². The van der Waals surface area contributed by atoms with E-state index in [9.17, 15) is 72.8 Å². The van der Waals surface area contributed by atoms with Crippen LogP contribution in [0.25, 0.3) is 21.9 Å². The van der Waals surface area contributed by atoms with Crippen molar-refractivity contribution in [1.29, 1.82) is 0 Å². The van der Waals surface area contributed by atoms with Crippen LogP contribution in [-0.4, -0.2) is 148 Å². The fourth-order valence-corrected chi connectivity index (χ4v) is 11.6. The van der Waals surface area contributed by atoms with Gasteiger partial charge in [0.2, 0.25) is 23.6 Å². The van der Waals surface area contributed by atoms with Crippen molar-refractivity contribution in [3.63, 3.8) is 0 Å². The molecule has 7 N–H and O–H groups in total. The van der Waals surface area contributed by atoms with Crippen molar-refractivity contribution < 1.29 is 81.8 Å². The van der Waals surface area contributed by atoms with Crippen molar-refractivity contribution in [3.05, 3.63) is 148 Å². The van der Waals surface area contributed by atoms with Gasteiger partial charge in [-0.25, -0.2) is 19.6 Å². The summed E-state index contributed by atoms with van der Waals surface area (Å²) in [5.74, 6) is -4.02. The predicted octanol–water partition coefficient (Wildman–Crippen LogP) is 9.73. The Morgan fingerprint density at radius 1 is 0.617 bits per heavy atom. The van der Waals surface area contributed by atoms with E-state index in [2.05, 4.69) is 26.3 Å². The summed E-state index contributed by atoms with van der Waals surface area (Å²) >= 11 is 0. The molecule has 6 aromatic rings. The molecule has 4 heterocycles. The summed E-state index contributed by atoms with van der Waals surface area (Å²) in [6, 6.07) is 24.3. The van der Waals surface area contributed by atoms with Crippen LogP contribution in [0.15, 0.2) is 121 Å². The van der Waals surface area contributed by atoms with Crippen molar-refractivity contribution in [2.45, 2.75) is 171 Å². The summed E-state index contributed by atoms with van der Waals surface area (Å²) in [5, 5.41) is 33.6. The second-order valence-corrected chi connectivity index (χ2v) is 27.6. The summed E-state index contributed by atoms with van der Waals surface area (Å²) in [4.78, 5) is 173. The average molecular weight is 1480 g/mol. The number of aromatic nitrogens is 3. The number of pyridine rings is 1. The van der Waals surface area contributed by atoms with Crippen LogP contribution in [0.4, 0.5) is 32.5 Å². The van der Waals surface area contributed by atoms with Crippen LogP contribution in [0, 0.1) is 33.8 Å². The quantitative estimate of drug-likeness (QED) is 0.00527. The number of Topliss-reactive ketones (excluding diaryl/α,β-unsaturated/α-hetero) is 2. The first-order valence-electron chi connectivity index (χ1n) is 35.6. The number of nitrogens with two attached hydrogens (primary N) is 1. The molecule has 9 amide bonds. The molecule has 4 atom stereocenters. The summed E-state index contributed by atoms with van der Waals surface area (Å²) in [6.45, 7) is 16.8. The standard InChI is InChI=1S/C44H56N8O8.C33H38N4O10/c1-7-50(24-34-48-39-40(52(34)26-44(5,6)59)31-13-10-11-14-32(31)47-41(39)45)43(58)60-25-29-16-18-30(19-17-29)46-42(57)28(4)23-33(53)38(27(2)3)49-35(54)15-9-8-12-22-51-36(55)20-21-37(51)56;1-21(2)31(35-28(39)7-5-4-6-18-36-29(40)16-17-30(36)41)27(38)19-22(3)32(42)34-24-10-8-23(9-11-24)20-46-33(43)47-26-14-12-25(13-15-26)37(44)45/h10-11,13-14,16-21,27-28,38,59H,7-9,12,15,22-26H2,1-6H3,(H2,45,47)(H,46,57)(H,49,54);8-17,21-22,31H,4-7,18-20H2,1-3H3,(H,34,42)(H,35,39)/t28-,38+;22-,31+/m11/s1. The van der Waals surface area contributed by atoms with Gasteiger partial charge in [0, 0.05) is 110 Å². The molecule has 4 aromatic carbocycles. The minimum atomic E-state index is -1.10. The number of non-ortho nitro benzene ring substituents is 1. The van der Waals surface area contributed by atoms with E-state index in [1.807, 2.05) is 63.5 Å². The Morgan fingerprint density at radius 3 is 1.51 bits per heavy atom. The van der Waals surface area contributed by atoms with E-state index in [-0.39, 0.29) is 140 Å². The van der Waals surface area contributed by atoms with Gasteiger partial charge >= 0.3 is 12.2 Å². The number of imide groups is 2. The second kappa shape index (κ2) is 39.0. The number of anilines is 3. The molecule has 0 unspecified atom stereocenters. The van der Waals surface area contributed by atoms with Gasteiger partial charge in [-0.15, -0.1) is 0 Å².